The summed E-state index contributed by atoms with van der Waals surface area (Å²) in [6, 6.07) is 0.174. The molecule has 2 amide bonds. The van der Waals surface area contributed by atoms with Crippen molar-refractivity contribution in [3.63, 3.8) is 0 Å². The summed E-state index contributed by atoms with van der Waals surface area (Å²) >= 11 is 0. The van der Waals surface area contributed by atoms with E-state index < -0.39 is 5.97 Å². The summed E-state index contributed by atoms with van der Waals surface area (Å²) in [4.78, 5) is 41.2. The number of carboxylic acids is 1. The van der Waals surface area contributed by atoms with Crippen LogP contribution in [-0.4, -0.2) is 96.1 Å². The van der Waals surface area contributed by atoms with Gasteiger partial charge < -0.3 is 19.6 Å². The third kappa shape index (κ3) is 5.41. The minimum atomic E-state index is -0.887. The summed E-state index contributed by atoms with van der Waals surface area (Å²) in [5.41, 5.74) is 0. The van der Waals surface area contributed by atoms with Gasteiger partial charge in [-0.1, -0.05) is 13.3 Å². The Morgan fingerprint density at radius 1 is 1.38 bits per heavy atom. The lowest BCUT2D eigenvalue weighted by Crippen LogP contribution is -2.51. The van der Waals surface area contributed by atoms with E-state index >= 15 is 0 Å². The zero-order valence-electron chi connectivity index (χ0n) is 16.0. The third-order valence-electron chi connectivity index (χ3n) is 5.12. The van der Waals surface area contributed by atoms with Crippen molar-refractivity contribution in [1.29, 1.82) is 0 Å². The molecule has 0 spiro atoms. The minimum Gasteiger partial charge on any atom is -0.480 e. The quantitative estimate of drug-likeness (QED) is 0.660. The minimum absolute atomic E-state index is 0.0127. The van der Waals surface area contributed by atoms with E-state index in [0.29, 0.717) is 32.8 Å². The van der Waals surface area contributed by atoms with E-state index in [1.807, 2.05) is 11.8 Å². The second kappa shape index (κ2) is 9.32. The first kappa shape index (κ1) is 20.6. The first-order valence-corrected chi connectivity index (χ1v) is 9.42. The zero-order valence-corrected chi connectivity index (χ0v) is 16.0. The fraction of sp³-hybridized carbons (Fsp3) is 0.833. The predicted molar refractivity (Wildman–Crippen MR) is 95.6 cm³/mol. The standard InChI is InChI=1S/C18H31N3O5/c1-4-5-13(2)21-9-14(8-16(21)22)18(25)20-6-7-26-15(11-20)10-19(3)12-17(23)24/h13-15H,4-12H2,1-3H3,(H,23,24). The molecule has 2 aliphatic rings. The highest BCUT2D eigenvalue weighted by Crippen LogP contribution is 2.24. The monoisotopic (exact) mass is 369 g/mol. The van der Waals surface area contributed by atoms with Gasteiger partial charge in [0.15, 0.2) is 0 Å². The summed E-state index contributed by atoms with van der Waals surface area (Å²) in [5, 5.41) is 8.85. The Balaban J connectivity index is 1.89. The van der Waals surface area contributed by atoms with Crippen LogP contribution in [0.15, 0.2) is 0 Å². The normalized spacial score (nSPS) is 25.0. The molecule has 0 aromatic carbocycles. The molecule has 0 saturated carbocycles. The SMILES string of the molecule is CCCC(C)N1CC(C(=O)N2CCOC(CN(C)CC(=O)O)C2)CC1=O. The molecule has 26 heavy (non-hydrogen) atoms. The van der Waals surface area contributed by atoms with E-state index in [2.05, 4.69) is 6.92 Å². The van der Waals surface area contributed by atoms with Crippen LogP contribution >= 0.6 is 0 Å². The summed E-state index contributed by atoms with van der Waals surface area (Å²) in [6.07, 6.45) is 2.04. The highest BCUT2D eigenvalue weighted by molar-refractivity contribution is 5.89. The van der Waals surface area contributed by atoms with Crippen LogP contribution in [0.5, 0.6) is 0 Å². The van der Waals surface area contributed by atoms with Gasteiger partial charge in [0.1, 0.15) is 0 Å². The van der Waals surface area contributed by atoms with Crippen LogP contribution in [0, 0.1) is 5.92 Å². The summed E-state index contributed by atoms with van der Waals surface area (Å²) in [5.74, 6) is -1.09. The average Bonchev–Trinajstić information content (AvgIpc) is 2.95. The van der Waals surface area contributed by atoms with E-state index in [9.17, 15) is 14.4 Å². The van der Waals surface area contributed by atoms with Crippen molar-refractivity contribution in [2.45, 2.75) is 45.3 Å². The van der Waals surface area contributed by atoms with E-state index in [1.54, 1.807) is 16.8 Å². The Kier molecular flexibility index (Phi) is 7.40. The second-order valence-electron chi connectivity index (χ2n) is 7.45. The van der Waals surface area contributed by atoms with Crippen LogP contribution in [0.3, 0.4) is 0 Å². The predicted octanol–water partition coefficient (Wildman–Crippen LogP) is 0.267. The Morgan fingerprint density at radius 2 is 2.12 bits per heavy atom. The molecule has 0 aromatic rings. The fourth-order valence-electron chi connectivity index (χ4n) is 3.83. The highest BCUT2D eigenvalue weighted by atomic mass is 16.5. The molecule has 2 aliphatic heterocycles. The van der Waals surface area contributed by atoms with Gasteiger partial charge in [0, 0.05) is 38.6 Å². The average molecular weight is 369 g/mol. The van der Waals surface area contributed by atoms with Gasteiger partial charge in [-0.25, -0.2) is 0 Å². The number of hydrogen-bond acceptors (Lipinski definition) is 5. The van der Waals surface area contributed by atoms with Crippen molar-refractivity contribution < 1.29 is 24.2 Å². The molecule has 2 saturated heterocycles. The molecule has 8 heteroatoms. The van der Waals surface area contributed by atoms with Crippen LogP contribution in [0.2, 0.25) is 0 Å². The number of ether oxygens (including phenoxy) is 1. The Morgan fingerprint density at radius 3 is 2.77 bits per heavy atom. The maximum absolute atomic E-state index is 12.9. The van der Waals surface area contributed by atoms with Gasteiger partial charge in [-0.3, -0.25) is 19.3 Å². The summed E-state index contributed by atoms with van der Waals surface area (Å²) < 4.78 is 5.68. The summed E-state index contributed by atoms with van der Waals surface area (Å²) in [6.45, 7) is 6.43. The van der Waals surface area contributed by atoms with E-state index in [1.165, 1.54) is 0 Å². The van der Waals surface area contributed by atoms with E-state index in [0.717, 1.165) is 12.8 Å². The van der Waals surface area contributed by atoms with Crippen LogP contribution in [-0.2, 0) is 19.1 Å². The Labute approximate surface area is 155 Å². The topological polar surface area (TPSA) is 90.4 Å². The molecular formula is C18H31N3O5. The molecule has 8 nitrogen and oxygen atoms in total. The number of aliphatic carboxylic acids is 1. The van der Waals surface area contributed by atoms with Gasteiger partial charge in [-0.2, -0.15) is 0 Å². The van der Waals surface area contributed by atoms with Crippen LogP contribution in [0.25, 0.3) is 0 Å². The Hall–Kier alpha value is -1.67. The number of carbonyl (C=O) groups is 3. The maximum Gasteiger partial charge on any atom is 0.317 e. The smallest absolute Gasteiger partial charge is 0.317 e. The van der Waals surface area contributed by atoms with Gasteiger partial charge in [-0.05, 0) is 20.4 Å². The molecule has 2 heterocycles. The number of morpholine rings is 1. The number of amides is 2. The van der Waals surface area contributed by atoms with Gasteiger partial charge in [-0.15, -0.1) is 0 Å². The van der Waals surface area contributed by atoms with Gasteiger partial charge in [0.2, 0.25) is 11.8 Å². The van der Waals surface area contributed by atoms with Crippen molar-refractivity contribution >= 4 is 17.8 Å². The van der Waals surface area contributed by atoms with Crippen molar-refractivity contribution in [2.75, 3.05) is 46.4 Å². The number of rotatable bonds is 8. The van der Waals surface area contributed by atoms with Gasteiger partial charge in [0.25, 0.3) is 0 Å². The van der Waals surface area contributed by atoms with Gasteiger partial charge >= 0.3 is 5.97 Å². The number of carbonyl (C=O) groups excluding carboxylic acids is 2. The number of nitrogens with zero attached hydrogens (tertiary/aromatic N) is 3. The molecule has 0 aliphatic carbocycles. The lowest BCUT2D eigenvalue weighted by molar-refractivity contribution is -0.145. The Bertz CT molecular complexity index is 527. The summed E-state index contributed by atoms with van der Waals surface area (Å²) in [7, 11) is 1.72. The number of likely N-dealkylation sites (tertiary alicyclic amines) is 1. The molecule has 2 fully saturated rings. The molecule has 148 valence electrons. The first-order valence-electron chi connectivity index (χ1n) is 9.42. The van der Waals surface area contributed by atoms with Gasteiger partial charge in [0.05, 0.1) is 25.2 Å². The van der Waals surface area contributed by atoms with Crippen LogP contribution < -0.4 is 0 Å². The van der Waals surface area contributed by atoms with E-state index in [-0.39, 0.29) is 42.8 Å². The third-order valence-corrected chi connectivity index (χ3v) is 5.12. The molecule has 0 radical (unpaired) electrons. The van der Waals surface area contributed by atoms with Crippen molar-refractivity contribution in [3.8, 4) is 0 Å². The molecule has 0 aromatic heterocycles. The molecule has 3 atom stereocenters. The van der Waals surface area contributed by atoms with E-state index in [4.69, 9.17) is 9.84 Å². The van der Waals surface area contributed by atoms with Crippen LogP contribution in [0.4, 0.5) is 0 Å². The lowest BCUT2D eigenvalue weighted by Gasteiger charge is -2.35. The number of likely N-dealkylation sites (N-methyl/N-ethyl adjacent to an activating group) is 1. The zero-order chi connectivity index (χ0) is 19.3. The molecule has 3 unspecified atom stereocenters. The van der Waals surface area contributed by atoms with Crippen molar-refractivity contribution in [2.24, 2.45) is 5.92 Å². The molecule has 1 N–H and O–H groups in total. The fourth-order valence-corrected chi connectivity index (χ4v) is 3.83. The molecular weight excluding hydrogens is 338 g/mol. The number of carboxylic acid groups (broad SMARTS) is 1. The van der Waals surface area contributed by atoms with Crippen LogP contribution in [0.1, 0.15) is 33.1 Å². The maximum atomic E-state index is 12.9. The largest absolute Gasteiger partial charge is 0.480 e. The molecule has 2 rings (SSSR count). The second-order valence-corrected chi connectivity index (χ2v) is 7.45. The number of hydrogen-bond donors (Lipinski definition) is 1. The van der Waals surface area contributed by atoms with Crippen molar-refractivity contribution in [3.05, 3.63) is 0 Å². The first-order chi connectivity index (χ1) is 12.3. The van der Waals surface area contributed by atoms with Crippen molar-refractivity contribution in [1.82, 2.24) is 14.7 Å². The highest BCUT2D eigenvalue weighted by Gasteiger charge is 2.39. The molecule has 0 bridgehead atoms. The lowest BCUT2D eigenvalue weighted by atomic mass is 10.1.